The summed E-state index contributed by atoms with van der Waals surface area (Å²) in [6, 6.07) is 18.0. The van der Waals surface area contributed by atoms with Crippen molar-refractivity contribution in [3.63, 3.8) is 0 Å². The van der Waals surface area contributed by atoms with Crippen LogP contribution in [0.3, 0.4) is 0 Å². The van der Waals surface area contributed by atoms with Gasteiger partial charge in [-0.15, -0.1) is 10.2 Å². The molecular weight excluding hydrogens is 320 g/mol. The highest BCUT2D eigenvalue weighted by Gasteiger charge is 2.20. The lowest BCUT2D eigenvalue weighted by molar-refractivity contribution is 0.781. The molecule has 0 aliphatic heterocycles. The van der Waals surface area contributed by atoms with Gasteiger partial charge < -0.3 is 0 Å². The van der Waals surface area contributed by atoms with Crippen molar-refractivity contribution < 1.29 is 0 Å². The van der Waals surface area contributed by atoms with Crippen molar-refractivity contribution in [1.82, 2.24) is 20.0 Å². The van der Waals surface area contributed by atoms with Crippen molar-refractivity contribution in [2.24, 2.45) is 7.05 Å². The zero-order valence-corrected chi connectivity index (χ0v) is 14.1. The Bertz CT molecular complexity index is 1040. The molecule has 5 heteroatoms. The highest BCUT2D eigenvalue weighted by Crippen LogP contribution is 2.37. The number of hydrogen-bond acceptors (Lipinski definition) is 3. The molecular formula is C19H15ClN4. The Kier molecular flexibility index (Phi) is 3.54. The summed E-state index contributed by atoms with van der Waals surface area (Å²) in [7, 11) is 1.86. The topological polar surface area (TPSA) is 43.6 Å². The largest absolute Gasteiger partial charge is 0.248 e. The molecule has 0 fully saturated rings. The number of halogens is 1. The summed E-state index contributed by atoms with van der Waals surface area (Å²) in [6.07, 6.45) is 0. The first kappa shape index (κ1) is 14.8. The third-order valence-electron chi connectivity index (χ3n) is 4.14. The lowest BCUT2D eigenvalue weighted by Crippen LogP contribution is -1.95. The highest BCUT2D eigenvalue weighted by atomic mass is 35.5. The fourth-order valence-corrected chi connectivity index (χ4v) is 3.22. The molecule has 0 aliphatic carbocycles. The summed E-state index contributed by atoms with van der Waals surface area (Å²) in [4.78, 5) is 0. The minimum absolute atomic E-state index is 0.581. The highest BCUT2D eigenvalue weighted by molar-refractivity contribution is 6.38. The van der Waals surface area contributed by atoms with E-state index in [1.165, 1.54) is 0 Å². The average Bonchev–Trinajstić information content (AvgIpc) is 2.94. The Hall–Kier alpha value is -2.72. The number of aromatic nitrogens is 4. The van der Waals surface area contributed by atoms with Crippen LogP contribution in [0.2, 0.25) is 5.02 Å². The van der Waals surface area contributed by atoms with Crippen LogP contribution in [0.5, 0.6) is 0 Å². The Balaban J connectivity index is 2.05. The van der Waals surface area contributed by atoms with Crippen molar-refractivity contribution in [3.05, 3.63) is 65.2 Å². The van der Waals surface area contributed by atoms with Crippen LogP contribution in [0.4, 0.5) is 0 Å². The van der Waals surface area contributed by atoms with Gasteiger partial charge in [0.1, 0.15) is 11.4 Å². The Morgan fingerprint density at radius 3 is 2.33 bits per heavy atom. The predicted octanol–water partition coefficient (Wildman–Crippen LogP) is 4.66. The maximum Gasteiger partial charge on any atom is 0.182 e. The van der Waals surface area contributed by atoms with Crippen LogP contribution in [0, 0.1) is 6.92 Å². The minimum Gasteiger partial charge on any atom is -0.248 e. The van der Waals surface area contributed by atoms with E-state index in [2.05, 4.69) is 34.4 Å². The van der Waals surface area contributed by atoms with Crippen LogP contribution in [0.1, 0.15) is 5.56 Å². The van der Waals surface area contributed by atoms with Gasteiger partial charge in [0.2, 0.25) is 0 Å². The maximum absolute atomic E-state index is 6.74. The molecule has 4 aromatic rings. The monoisotopic (exact) mass is 334 g/mol. The summed E-state index contributed by atoms with van der Waals surface area (Å²) < 4.78 is 1.73. The van der Waals surface area contributed by atoms with Crippen LogP contribution >= 0.6 is 11.6 Å². The van der Waals surface area contributed by atoms with E-state index in [9.17, 15) is 0 Å². The van der Waals surface area contributed by atoms with Crippen molar-refractivity contribution in [1.29, 1.82) is 0 Å². The number of hydrogen-bond donors (Lipinski definition) is 0. The van der Waals surface area contributed by atoms with Gasteiger partial charge in [0, 0.05) is 18.2 Å². The molecule has 0 radical (unpaired) electrons. The Morgan fingerprint density at radius 1 is 0.875 bits per heavy atom. The zero-order valence-electron chi connectivity index (χ0n) is 13.4. The fourth-order valence-electron chi connectivity index (χ4n) is 2.90. The third-order valence-corrected chi connectivity index (χ3v) is 4.50. The molecule has 24 heavy (non-hydrogen) atoms. The predicted molar refractivity (Wildman–Crippen MR) is 96.9 cm³/mol. The van der Waals surface area contributed by atoms with E-state index >= 15 is 0 Å². The molecule has 4 nitrogen and oxygen atoms in total. The zero-order chi connectivity index (χ0) is 16.7. The van der Waals surface area contributed by atoms with Gasteiger partial charge in [-0.05, 0) is 12.5 Å². The lowest BCUT2D eigenvalue weighted by Gasteiger charge is -2.06. The van der Waals surface area contributed by atoms with E-state index < -0.39 is 0 Å². The van der Waals surface area contributed by atoms with Gasteiger partial charge in [-0.3, -0.25) is 0 Å². The summed E-state index contributed by atoms with van der Waals surface area (Å²) in [5, 5.41) is 14.7. The van der Waals surface area contributed by atoms with Gasteiger partial charge in [0.25, 0.3) is 0 Å². The molecule has 0 amide bonds. The number of rotatable bonds is 2. The van der Waals surface area contributed by atoms with Crippen LogP contribution in [-0.4, -0.2) is 20.0 Å². The van der Waals surface area contributed by atoms with Crippen molar-refractivity contribution in [2.75, 3.05) is 0 Å². The molecule has 2 heterocycles. The van der Waals surface area contributed by atoms with Gasteiger partial charge in [-0.2, -0.15) is 5.10 Å². The Morgan fingerprint density at radius 2 is 1.58 bits per heavy atom. The minimum atomic E-state index is 0.581. The second kappa shape index (κ2) is 5.73. The molecule has 0 atom stereocenters. The second-order valence-corrected chi connectivity index (χ2v) is 6.09. The molecule has 0 spiro atoms. The van der Waals surface area contributed by atoms with Gasteiger partial charge in [0.15, 0.2) is 5.65 Å². The molecule has 0 saturated carbocycles. The van der Waals surface area contributed by atoms with E-state index in [4.69, 9.17) is 11.6 Å². The summed E-state index contributed by atoms with van der Waals surface area (Å²) in [5.41, 5.74) is 5.33. The summed E-state index contributed by atoms with van der Waals surface area (Å²) in [5.74, 6) is 0. The first-order chi connectivity index (χ1) is 11.7. The fraction of sp³-hybridized carbons (Fsp3) is 0.105. The van der Waals surface area contributed by atoms with Crippen LogP contribution in [0.15, 0.2) is 54.6 Å². The van der Waals surface area contributed by atoms with Crippen molar-refractivity contribution in [3.8, 4) is 22.5 Å². The van der Waals surface area contributed by atoms with Gasteiger partial charge >= 0.3 is 0 Å². The van der Waals surface area contributed by atoms with E-state index in [0.717, 1.165) is 27.8 Å². The number of aryl methyl sites for hydroxylation is 2. The van der Waals surface area contributed by atoms with Gasteiger partial charge in [-0.25, -0.2) is 4.68 Å². The van der Waals surface area contributed by atoms with Gasteiger partial charge in [-0.1, -0.05) is 66.2 Å². The summed E-state index contributed by atoms with van der Waals surface area (Å²) >= 11 is 6.74. The first-order valence-corrected chi connectivity index (χ1v) is 8.05. The quantitative estimate of drug-likeness (QED) is 0.535. The molecule has 0 aliphatic rings. The van der Waals surface area contributed by atoms with Crippen LogP contribution < -0.4 is 0 Å². The number of fused-ring (bicyclic) bond motifs is 1. The molecule has 0 saturated heterocycles. The Labute approximate surface area is 144 Å². The first-order valence-electron chi connectivity index (χ1n) is 7.67. The number of nitrogens with zero attached hydrogens (tertiary/aromatic N) is 4. The smallest absolute Gasteiger partial charge is 0.182 e. The van der Waals surface area contributed by atoms with E-state index in [0.29, 0.717) is 16.4 Å². The second-order valence-electron chi connectivity index (χ2n) is 5.71. The molecule has 118 valence electrons. The molecule has 2 aromatic carbocycles. The van der Waals surface area contributed by atoms with E-state index in [-0.39, 0.29) is 0 Å². The molecule has 4 rings (SSSR count). The lowest BCUT2D eigenvalue weighted by atomic mass is 10.0. The third kappa shape index (κ3) is 2.27. The van der Waals surface area contributed by atoms with Gasteiger partial charge in [0.05, 0.1) is 10.4 Å². The van der Waals surface area contributed by atoms with Crippen molar-refractivity contribution >= 4 is 22.6 Å². The van der Waals surface area contributed by atoms with E-state index in [1.54, 1.807) is 4.68 Å². The maximum atomic E-state index is 6.74. The summed E-state index contributed by atoms with van der Waals surface area (Å²) in [6.45, 7) is 2.07. The molecule has 0 bridgehead atoms. The standard InChI is InChI=1S/C19H15ClN4/c1-12-8-6-7-11-14(12)18-15-16(20)17(13-9-4-3-5-10-13)21-22-19(15)24(2)23-18/h3-11H,1-2H3. The van der Waals surface area contributed by atoms with Crippen LogP contribution in [-0.2, 0) is 7.05 Å². The SMILES string of the molecule is Cc1ccccc1-c1nn(C)c2nnc(-c3ccccc3)c(Cl)c12. The molecule has 0 unspecified atom stereocenters. The normalized spacial score (nSPS) is 11.1. The molecule has 0 N–H and O–H groups in total. The van der Waals surface area contributed by atoms with Crippen molar-refractivity contribution in [2.45, 2.75) is 6.92 Å². The molecule has 2 aromatic heterocycles. The number of benzene rings is 2. The van der Waals surface area contributed by atoms with Crippen LogP contribution in [0.25, 0.3) is 33.5 Å². The average molecular weight is 335 g/mol. The van der Waals surface area contributed by atoms with E-state index in [1.807, 2.05) is 49.5 Å².